The maximum atomic E-state index is 14.0. The molecule has 6 nitrogen and oxygen atoms in total. The van der Waals surface area contributed by atoms with E-state index in [2.05, 4.69) is 5.32 Å². The third kappa shape index (κ3) is 6.79. The number of carbonyl (C=O) groups is 2. The molecule has 0 bridgehead atoms. The third-order valence-electron chi connectivity index (χ3n) is 6.34. The first-order valence-corrected chi connectivity index (χ1v) is 12.5. The lowest BCUT2D eigenvalue weighted by molar-refractivity contribution is -0.139. The van der Waals surface area contributed by atoms with Gasteiger partial charge in [-0.1, -0.05) is 72.8 Å². The molecule has 6 heteroatoms. The number of hydrogen-bond donors (Lipinski definition) is 1. The molecule has 0 aromatic heterocycles. The van der Waals surface area contributed by atoms with Gasteiger partial charge in [-0.05, 0) is 53.1 Å². The van der Waals surface area contributed by atoms with Gasteiger partial charge in [0.25, 0.3) is 5.91 Å². The summed E-state index contributed by atoms with van der Waals surface area (Å²) in [4.78, 5) is 31.5. The van der Waals surface area contributed by atoms with Crippen molar-refractivity contribution in [1.82, 2.24) is 4.90 Å². The van der Waals surface area contributed by atoms with E-state index in [0.717, 1.165) is 16.8 Å². The first-order valence-electron chi connectivity index (χ1n) is 12.5. The number of rotatable bonds is 10. The van der Waals surface area contributed by atoms with Crippen LogP contribution in [-0.2, 0) is 22.6 Å². The molecule has 0 saturated carbocycles. The fraction of sp³-hybridized carbons (Fsp3) is 0.188. The number of nitrogens with zero attached hydrogens (tertiary/aromatic N) is 2. The summed E-state index contributed by atoms with van der Waals surface area (Å²) in [5, 5.41) is 3.04. The van der Waals surface area contributed by atoms with Crippen LogP contribution in [0.4, 0.5) is 11.4 Å². The van der Waals surface area contributed by atoms with E-state index in [9.17, 15) is 9.59 Å². The Hall–Kier alpha value is -4.58. The maximum absolute atomic E-state index is 14.0. The Bertz CT molecular complexity index is 1340. The van der Waals surface area contributed by atoms with Crippen molar-refractivity contribution in [1.29, 1.82) is 0 Å². The molecule has 0 saturated heterocycles. The van der Waals surface area contributed by atoms with E-state index in [1.165, 1.54) is 0 Å². The zero-order valence-electron chi connectivity index (χ0n) is 22.0. The minimum absolute atomic E-state index is 0.147. The smallest absolute Gasteiger partial charge is 0.251 e. The Morgan fingerprint density at radius 2 is 1.42 bits per heavy atom. The Morgan fingerprint density at radius 1 is 0.789 bits per heavy atom. The SMILES string of the molecule is COc1cccc([C@H](C(=O)Nc2ccc(N(C)C)cc2)N(Cc2ccccc2)C(=O)Cc2ccccc2)c1. The monoisotopic (exact) mass is 507 g/mol. The zero-order chi connectivity index (χ0) is 26.9. The van der Waals surface area contributed by atoms with E-state index in [-0.39, 0.29) is 24.8 Å². The van der Waals surface area contributed by atoms with Crippen LogP contribution in [0, 0.1) is 0 Å². The second-order valence-electron chi connectivity index (χ2n) is 9.28. The Morgan fingerprint density at radius 3 is 2.03 bits per heavy atom. The summed E-state index contributed by atoms with van der Waals surface area (Å²) in [5.41, 5.74) is 4.17. The van der Waals surface area contributed by atoms with Crippen LogP contribution < -0.4 is 15.0 Å². The molecule has 0 aliphatic carbocycles. The Labute approximate surface area is 224 Å². The van der Waals surface area contributed by atoms with Crippen molar-refractivity contribution in [3.8, 4) is 5.75 Å². The highest BCUT2D eigenvalue weighted by atomic mass is 16.5. The first-order chi connectivity index (χ1) is 18.4. The molecule has 0 fully saturated rings. The second-order valence-corrected chi connectivity index (χ2v) is 9.28. The lowest BCUT2D eigenvalue weighted by Crippen LogP contribution is -2.41. The topological polar surface area (TPSA) is 61.9 Å². The number of carbonyl (C=O) groups excluding carboxylic acids is 2. The molecule has 0 spiro atoms. The summed E-state index contributed by atoms with van der Waals surface area (Å²) in [5.74, 6) is 0.171. The van der Waals surface area contributed by atoms with Gasteiger partial charge in [0, 0.05) is 32.0 Å². The van der Waals surface area contributed by atoms with Crippen molar-refractivity contribution in [3.63, 3.8) is 0 Å². The number of ether oxygens (including phenoxy) is 1. The van der Waals surface area contributed by atoms with Crippen molar-refractivity contribution < 1.29 is 14.3 Å². The number of benzene rings is 4. The van der Waals surface area contributed by atoms with Crippen LogP contribution in [0.3, 0.4) is 0 Å². The van der Waals surface area contributed by atoms with Crippen LogP contribution in [-0.4, -0.2) is 37.9 Å². The number of nitrogens with one attached hydrogen (secondary N) is 1. The van der Waals surface area contributed by atoms with Crippen LogP contribution in [0.1, 0.15) is 22.7 Å². The third-order valence-corrected chi connectivity index (χ3v) is 6.34. The van der Waals surface area contributed by atoms with Gasteiger partial charge in [-0.3, -0.25) is 9.59 Å². The lowest BCUT2D eigenvalue weighted by atomic mass is 10.0. The van der Waals surface area contributed by atoms with Crippen LogP contribution in [0.15, 0.2) is 109 Å². The highest BCUT2D eigenvalue weighted by molar-refractivity contribution is 5.98. The minimum Gasteiger partial charge on any atom is -0.497 e. The molecular formula is C32H33N3O3. The van der Waals surface area contributed by atoms with Crippen LogP contribution in [0.5, 0.6) is 5.75 Å². The fourth-order valence-electron chi connectivity index (χ4n) is 4.31. The van der Waals surface area contributed by atoms with Gasteiger partial charge >= 0.3 is 0 Å². The quantitative estimate of drug-likeness (QED) is 0.299. The van der Waals surface area contributed by atoms with E-state index >= 15 is 0 Å². The summed E-state index contributed by atoms with van der Waals surface area (Å²) in [7, 11) is 5.52. The molecular weight excluding hydrogens is 474 g/mol. The molecule has 0 unspecified atom stereocenters. The summed E-state index contributed by atoms with van der Waals surface area (Å²) >= 11 is 0. The van der Waals surface area contributed by atoms with E-state index in [1.54, 1.807) is 12.0 Å². The zero-order valence-corrected chi connectivity index (χ0v) is 22.0. The molecule has 38 heavy (non-hydrogen) atoms. The van der Waals surface area contributed by atoms with E-state index in [4.69, 9.17) is 4.74 Å². The normalized spacial score (nSPS) is 11.3. The molecule has 4 rings (SSSR count). The van der Waals surface area contributed by atoms with E-state index in [0.29, 0.717) is 17.0 Å². The number of anilines is 2. The van der Waals surface area contributed by atoms with E-state index < -0.39 is 6.04 Å². The van der Waals surface area contributed by atoms with Gasteiger partial charge in [0.1, 0.15) is 11.8 Å². The van der Waals surface area contributed by atoms with Gasteiger partial charge in [-0.2, -0.15) is 0 Å². The lowest BCUT2D eigenvalue weighted by Gasteiger charge is -2.32. The predicted octanol–water partition coefficient (Wildman–Crippen LogP) is 5.71. The molecule has 1 atom stereocenters. The van der Waals surface area contributed by atoms with Crippen LogP contribution >= 0.6 is 0 Å². The minimum atomic E-state index is -0.880. The van der Waals surface area contributed by atoms with Crippen molar-refractivity contribution in [3.05, 3.63) is 126 Å². The molecule has 4 aromatic carbocycles. The highest BCUT2D eigenvalue weighted by Crippen LogP contribution is 2.29. The fourth-order valence-corrected chi connectivity index (χ4v) is 4.31. The Balaban J connectivity index is 1.73. The predicted molar refractivity (Wildman–Crippen MR) is 152 cm³/mol. The number of hydrogen-bond acceptors (Lipinski definition) is 4. The molecule has 0 radical (unpaired) electrons. The summed E-state index contributed by atoms with van der Waals surface area (Å²) in [6.07, 6.45) is 0.180. The molecule has 4 aromatic rings. The Kier molecular flexibility index (Phi) is 8.77. The van der Waals surface area contributed by atoms with Crippen LogP contribution in [0.25, 0.3) is 0 Å². The molecule has 0 heterocycles. The van der Waals surface area contributed by atoms with Crippen molar-refractivity contribution >= 4 is 23.2 Å². The van der Waals surface area contributed by atoms with Gasteiger partial charge in [0.2, 0.25) is 5.91 Å². The van der Waals surface area contributed by atoms with Gasteiger partial charge < -0.3 is 19.9 Å². The van der Waals surface area contributed by atoms with Crippen molar-refractivity contribution in [2.45, 2.75) is 19.0 Å². The summed E-state index contributed by atoms with van der Waals surface area (Å²) in [6, 6.07) is 33.4. The molecule has 0 aliphatic rings. The van der Waals surface area contributed by atoms with E-state index in [1.807, 2.05) is 128 Å². The summed E-state index contributed by atoms with van der Waals surface area (Å²) in [6.45, 7) is 0.279. The largest absolute Gasteiger partial charge is 0.497 e. The highest BCUT2D eigenvalue weighted by Gasteiger charge is 2.32. The standard InChI is InChI=1S/C32H33N3O3/c1-34(2)28-19-17-27(18-20-28)33-32(37)31(26-15-10-16-29(22-26)38-3)35(23-25-13-8-5-9-14-25)30(36)21-24-11-6-4-7-12-24/h4-20,22,31H,21,23H2,1-3H3,(H,33,37)/t31-/m1/s1. The van der Waals surface area contributed by atoms with Crippen molar-refractivity contribution in [2.24, 2.45) is 0 Å². The number of methoxy groups -OCH3 is 1. The average molecular weight is 508 g/mol. The number of amides is 2. The first kappa shape index (κ1) is 26.5. The van der Waals surface area contributed by atoms with Gasteiger partial charge in [-0.25, -0.2) is 0 Å². The van der Waals surface area contributed by atoms with Gasteiger partial charge in [0.15, 0.2) is 0 Å². The summed E-state index contributed by atoms with van der Waals surface area (Å²) < 4.78 is 5.45. The van der Waals surface area contributed by atoms with Crippen LogP contribution in [0.2, 0.25) is 0 Å². The van der Waals surface area contributed by atoms with Gasteiger partial charge in [0.05, 0.1) is 13.5 Å². The molecule has 194 valence electrons. The van der Waals surface area contributed by atoms with Gasteiger partial charge in [-0.15, -0.1) is 0 Å². The average Bonchev–Trinajstić information content (AvgIpc) is 2.94. The maximum Gasteiger partial charge on any atom is 0.251 e. The second kappa shape index (κ2) is 12.6. The molecule has 2 amide bonds. The molecule has 0 aliphatic heterocycles. The van der Waals surface area contributed by atoms with Crippen molar-refractivity contribution in [2.75, 3.05) is 31.4 Å². The molecule has 1 N–H and O–H groups in total.